The first-order valence-corrected chi connectivity index (χ1v) is 11.9. The molecule has 1 saturated heterocycles. The summed E-state index contributed by atoms with van der Waals surface area (Å²) in [5, 5.41) is 8.70. The topological polar surface area (TPSA) is 94.1 Å². The van der Waals surface area contributed by atoms with Gasteiger partial charge in [-0.3, -0.25) is 0 Å². The number of hydrogen-bond acceptors (Lipinski definition) is 8. The van der Waals surface area contributed by atoms with Crippen molar-refractivity contribution in [2.24, 2.45) is 0 Å². The molecule has 0 amide bonds. The summed E-state index contributed by atoms with van der Waals surface area (Å²) < 4.78 is 43.6. The Morgan fingerprint density at radius 1 is 0.758 bits per heavy atom. The molecular weight excluding hydrogens is 444 g/mol. The molecule has 0 unspecified atom stereocenters. The van der Waals surface area contributed by atoms with Crippen LogP contribution in [0.15, 0.2) is 59.5 Å². The second-order valence-electron chi connectivity index (χ2n) is 7.41. The van der Waals surface area contributed by atoms with Crippen molar-refractivity contribution in [3.8, 4) is 28.5 Å². The van der Waals surface area contributed by atoms with Crippen molar-refractivity contribution in [2.45, 2.75) is 4.90 Å². The lowest BCUT2D eigenvalue weighted by atomic mass is 10.1. The van der Waals surface area contributed by atoms with E-state index in [-0.39, 0.29) is 4.90 Å². The number of hydrogen-bond donors (Lipinski definition) is 0. The highest BCUT2D eigenvalue weighted by atomic mass is 32.2. The van der Waals surface area contributed by atoms with Gasteiger partial charge in [-0.2, -0.15) is 4.31 Å². The normalized spacial score (nSPS) is 14.7. The van der Waals surface area contributed by atoms with Crippen LogP contribution in [0.3, 0.4) is 0 Å². The first-order valence-electron chi connectivity index (χ1n) is 10.4. The van der Waals surface area contributed by atoms with Gasteiger partial charge in [0.1, 0.15) is 22.1 Å². The largest absolute Gasteiger partial charge is 0.497 e. The Morgan fingerprint density at radius 3 is 2.00 bits per heavy atom. The molecule has 4 rings (SSSR count). The smallest absolute Gasteiger partial charge is 0.247 e. The number of anilines is 1. The van der Waals surface area contributed by atoms with Crippen LogP contribution < -0.4 is 19.1 Å². The van der Waals surface area contributed by atoms with Gasteiger partial charge in [0.2, 0.25) is 10.0 Å². The molecular formula is C23H26N4O5S. The second kappa shape index (κ2) is 9.63. The Morgan fingerprint density at radius 2 is 1.42 bits per heavy atom. The monoisotopic (exact) mass is 470 g/mol. The fourth-order valence-electron chi connectivity index (χ4n) is 3.69. The van der Waals surface area contributed by atoms with E-state index in [2.05, 4.69) is 10.2 Å². The van der Waals surface area contributed by atoms with Crippen LogP contribution in [0.2, 0.25) is 0 Å². The van der Waals surface area contributed by atoms with Crippen LogP contribution in [-0.2, 0) is 10.0 Å². The van der Waals surface area contributed by atoms with Gasteiger partial charge in [0, 0.05) is 37.8 Å². The highest BCUT2D eigenvalue weighted by Crippen LogP contribution is 2.31. The molecule has 9 nitrogen and oxygen atoms in total. The number of benzene rings is 2. The first-order chi connectivity index (χ1) is 16.0. The SMILES string of the molecule is COc1ccc(-c2ccc(N3CCN(S(=O)(=O)c4cc(OC)ccc4OC)CC3)nn2)cc1. The molecule has 1 fully saturated rings. The van der Waals surface area contributed by atoms with Crippen molar-refractivity contribution >= 4 is 15.8 Å². The average molecular weight is 471 g/mol. The van der Waals surface area contributed by atoms with E-state index in [1.165, 1.54) is 24.6 Å². The van der Waals surface area contributed by atoms with Gasteiger partial charge in [-0.05, 0) is 48.5 Å². The van der Waals surface area contributed by atoms with Crippen molar-refractivity contribution in [3.05, 3.63) is 54.6 Å². The van der Waals surface area contributed by atoms with E-state index in [1.54, 1.807) is 19.2 Å². The Kier molecular flexibility index (Phi) is 6.66. The Labute approximate surface area is 193 Å². The van der Waals surface area contributed by atoms with Crippen molar-refractivity contribution in [1.82, 2.24) is 14.5 Å². The van der Waals surface area contributed by atoms with Gasteiger partial charge in [-0.25, -0.2) is 8.42 Å². The van der Waals surface area contributed by atoms with Gasteiger partial charge in [0.05, 0.1) is 27.0 Å². The van der Waals surface area contributed by atoms with Gasteiger partial charge < -0.3 is 19.1 Å². The molecule has 0 atom stereocenters. The second-order valence-corrected chi connectivity index (χ2v) is 9.32. The van der Waals surface area contributed by atoms with Crippen LogP contribution >= 0.6 is 0 Å². The molecule has 1 aromatic heterocycles. The molecule has 0 N–H and O–H groups in total. The highest BCUT2D eigenvalue weighted by Gasteiger charge is 2.31. The number of aromatic nitrogens is 2. The molecule has 1 aliphatic heterocycles. The number of methoxy groups -OCH3 is 3. The van der Waals surface area contributed by atoms with Crippen LogP contribution in [0.4, 0.5) is 5.82 Å². The summed E-state index contributed by atoms with van der Waals surface area (Å²) in [6.45, 7) is 1.65. The Hall–Kier alpha value is -3.37. The predicted molar refractivity (Wildman–Crippen MR) is 125 cm³/mol. The third-order valence-electron chi connectivity index (χ3n) is 5.59. The van der Waals surface area contributed by atoms with Crippen LogP contribution in [-0.4, -0.2) is 70.4 Å². The zero-order valence-corrected chi connectivity index (χ0v) is 19.6. The van der Waals surface area contributed by atoms with Crippen molar-refractivity contribution in [2.75, 3.05) is 52.4 Å². The number of ether oxygens (including phenoxy) is 3. The third kappa shape index (κ3) is 4.71. The maximum atomic E-state index is 13.3. The summed E-state index contributed by atoms with van der Waals surface area (Å²) in [6.07, 6.45) is 0. The summed E-state index contributed by atoms with van der Waals surface area (Å²) in [5.41, 5.74) is 1.70. The highest BCUT2D eigenvalue weighted by molar-refractivity contribution is 7.89. The lowest BCUT2D eigenvalue weighted by molar-refractivity contribution is 0.370. The zero-order chi connectivity index (χ0) is 23.4. The van der Waals surface area contributed by atoms with E-state index in [4.69, 9.17) is 14.2 Å². The predicted octanol–water partition coefficient (Wildman–Crippen LogP) is 2.68. The fourth-order valence-corrected chi connectivity index (χ4v) is 5.28. The van der Waals surface area contributed by atoms with Crippen LogP contribution in [0.25, 0.3) is 11.3 Å². The Balaban J connectivity index is 1.45. The van der Waals surface area contributed by atoms with Crippen molar-refractivity contribution in [1.29, 1.82) is 0 Å². The number of nitrogens with zero attached hydrogens (tertiary/aromatic N) is 4. The summed E-state index contributed by atoms with van der Waals surface area (Å²) in [7, 11) is 0.840. The molecule has 1 aliphatic rings. The molecule has 0 radical (unpaired) electrons. The minimum absolute atomic E-state index is 0.0986. The van der Waals surface area contributed by atoms with E-state index in [0.717, 1.165) is 17.0 Å². The first kappa shape index (κ1) is 22.8. The molecule has 33 heavy (non-hydrogen) atoms. The average Bonchev–Trinajstić information content (AvgIpc) is 2.88. The molecule has 2 heterocycles. The van der Waals surface area contributed by atoms with E-state index >= 15 is 0 Å². The third-order valence-corrected chi connectivity index (χ3v) is 7.51. The lowest BCUT2D eigenvalue weighted by Gasteiger charge is -2.34. The van der Waals surface area contributed by atoms with Gasteiger partial charge in [0.25, 0.3) is 0 Å². The molecule has 174 valence electrons. The standard InChI is InChI=1S/C23H26N4O5S/c1-30-18-6-4-17(5-7-18)20-9-11-23(25-24-20)26-12-14-27(15-13-26)33(28,29)22-16-19(31-2)8-10-21(22)32-3/h4-11,16H,12-15H2,1-3H3. The fraction of sp³-hybridized carbons (Fsp3) is 0.304. The molecule has 3 aromatic rings. The van der Waals surface area contributed by atoms with E-state index in [1.807, 2.05) is 41.3 Å². The zero-order valence-electron chi connectivity index (χ0n) is 18.8. The molecule has 0 saturated carbocycles. The van der Waals surface area contributed by atoms with Gasteiger partial charge in [0.15, 0.2) is 5.82 Å². The number of rotatable bonds is 7. The van der Waals surface area contributed by atoms with Crippen molar-refractivity contribution < 1.29 is 22.6 Å². The minimum atomic E-state index is -3.74. The van der Waals surface area contributed by atoms with Gasteiger partial charge in [-0.15, -0.1) is 10.2 Å². The summed E-state index contributed by atoms with van der Waals surface area (Å²) in [6, 6.07) is 16.2. The van der Waals surface area contributed by atoms with E-state index in [0.29, 0.717) is 43.5 Å². The maximum Gasteiger partial charge on any atom is 0.247 e. The van der Waals surface area contributed by atoms with E-state index < -0.39 is 10.0 Å². The summed E-state index contributed by atoms with van der Waals surface area (Å²) in [5.74, 6) is 2.24. The lowest BCUT2D eigenvalue weighted by Crippen LogP contribution is -2.49. The van der Waals surface area contributed by atoms with E-state index in [9.17, 15) is 8.42 Å². The molecule has 0 spiro atoms. The van der Waals surface area contributed by atoms with Gasteiger partial charge >= 0.3 is 0 Å². The van der Waals surface area contributed by atoms with Crippen LogP contribution in [0.1, 0.15) is 0 Å². The number of sulfonamides is 1. The number of piperazine rings is 1. The summed E-state index contributed by atoms with van der Waals surface area (Å²) in [4.78, 5) is 2.13. The molecule has 2 aromatic carbocycles. The summed E-state index contributed by atoms with van der Waals surface area (Å²) >= 11 is 0. The Bertz CT molecular complexity index is 1190. The van der Waals surface area contributed by atoms with Crippen molar-refractivity contribution in [3.63, 3.8) is 0 Å². The van der Waals surface area contributed by atoms with Gasteiger partial charge in [-0.1, -0.05) is 0 Å². The molecule has 10 heteroatoms. The minimum Gasteiger partial charge on any atom is -0.497 e. The van der Waals surface area contributed by atoms with Crippen LogP contribution in [0, 0.1) is 0 Å². The maximum absolute atomic E-state index is 13.3. The quantitative estimate of drug-likeness (QED) is 0.520. The molecule has 0 bridgehead atoms. The van der Waals surface area contributed by atoms with Crippen LogP contribution in [0.5, 0.6) is 17.2 Å². The molecule has 0 aliphatic carbocycles.